The van der Waals surface area contributed by atoms with Crippen LogP contribution in [0.5, 0.6) is 0 Å². The van der Waals surface area contributed by atoms with E-state index in [4.69, 9.17) is 15.1 Å². The lowest BCUT2D eigenvalue weighted by atomic mass is 10.5. The number of aliphatic carboxylic acids is 1. The first-order valence-corrected chi connectivity index (χ1v) is 4.36. The Labute approximate surface area is 67.1 Å². The zero-order valence-electron chi connectivity index (χ0n) is 5.84. The molecule has 8 heteroatoms. The van der Waals surface area contributed by atoms with Gasteiger partial charge in [0.05, 0.1) is 13.0 Å². The van der Waals surface area contributed by atoms with Crippen LogP contribution in [0.2, 0.25) is 0 Å². The molecule has 0 fully saturated rings. The largest absolute Gasteiger partial charge is 0.481 e. The van der Waals surface area contributed by atoms with Crippen LogP contribution in [0.3, 0.4) is 0 Å². The normalized spacial score (nSPS) is 15.1. The maximum atomic E-state index is 10.4. The van der Waals surface area contributed by atoms with E-state index in [2.05, 4.69) is 4.52 Å². The standard InChI is InChI=1S/C4H7O7P/c5-3(6)1-2-11-12(9,10)4(7)8/h1-2H2,(H,5,6)(H,7,8)(H,9,10). The van der Waals surface area contributed by atoms with Gasteiger partial charge in [-0.2, -0.15) is 0 Å². The van der Waals surface area contributed by atoms with Crippen LogP contribution in [-0.4, -0.2) is 33.4 Å². The second kappa shape index (κ2) is 4.20. The second-order valence-corrected chi connectivity index (χ2v) is 3.46. The molecule has 0 rings (SSSR count). The number of carbonyl (C=O) groups is 2. The maximum Gasteiger partial charge on any atom is 0.435 e. The fraction of sp³-hybridized carbons (Fsp3) is 0.500. The molecule has 0 spiro atoms. The summed E-state index contributed by atoms with van der Waals surface area (Å²) in [6.45, 7) is -0.602. The molecule has 1 atom stereocenters. The van der Waals surface area contributed by atoms with Crippen LogP contribution in [0.1, 0.15) is 6.42 Å². The van der Waals surface area contributed by atoms with Crippen LogP contribution < -0.4 is 0 Å². The molecule has 0 radical (unpaired) electrons. The highest BCUT2D eigenvalue weighted by atomic mass is 31.2. The highest BCUT2D eigenvalue weighted by Crippen LogP contribution is 2.42. The second-order valence-electron chi connectivity index (χ2n) is 1.78. The molecular weight excluding hydrogens is 191 g/mol. The molecule has 0 amide bonds. The third-order valence-corrected chi connectivity index (χ3v) is 1.84. The Bertz CT molecular complexity index is 234. The maximum absolute atomic E-state index is 10.4. The van der Waals surface area contributed by atoms with Crippen LogP contribution in [-0.2, 0) is 13.9 Å². The van der Waals surface area contributed by atoms with Gasteiger partial charge in [0.1, 0.15) is 0 Å². The Kier molecular flexibility index (Phi) is 3.88. The Morgan fingerprint density at radius 2 is 1.83 bits per heavy atom. The molecular formula is C4H7O7P. The summed E-state index contributed by atoms with van der Waals surface area (Å²) in [5.41, 5.74) is -1.99. The van der Waals surface area contributed by atoms with Gasteiger partial charge in [0, 0.05) is 0 Å². The lowest BCUT2D eigenvalue weighted by molar-refractivity contribution is -0.137. The summed E-state index contributed by atoms with van der Waals surface area (Å²) in [7, 11) is -4.67. The van der Waals surface area contributed by atoms with Crippen LogP contribution >= 0.6 is 7.60 Å². The number of rotatable bonds is 5. The summed E-state index contributed by atoms with van der Waals surface area (Å²) in [5, 5.41) is 16.1. The van der Waals surface area contributed by atoms with Crippen molar-refractivity contribution in [3.8, 4) is 0 Å². The summed E-state index contributed by atoms with van der Waals surface area (Å²) in [4.78, 5) is 28.2. The summed E-state index contributed by atoms with van der Waals surface area (Å²) < 4.78 is 14.4. The number of carboxylic acids is 1. The molecule has 7 nitrogen and oxygen atoms in total. The summed E-state index contributed by atoms with van der Waals surface area (Å²) in [6, 6.07) is 0. The molecule has 3 N–H and O–H groups in total. The van der Waals surface area contributed by atoms with Crippen LogP contribution in [0, 0.1) is 0 Å². The first kappa shape index (κ1) is 11.1. The minimum atomic E-state index is -4.67. The Morgan fingerprint density at radius 1 is 1.33 bits per heavy atom. The predicted octanol–water partition coefficient (Wildman–Crippen LogP) is 0.341. The molecule has 0 aliphatic carbocycles. The van der Waals surface area contributed by atoms with Crippen LogP contribution in [0.25, 0.3) is 0 Å². The molecule has 0 aromatic heterocycles. The van der Waals surface area contributed by atoms with E-state index in [0.717, 1.165) is 0 Å². The Hall–Kier alpha value is -0.910. The fourth-order valence-electron chi connectivity index (χ4n) is 0.312. The van der Waals surface area contributed by atoms with Crippen molar-refractivity contribution >= 4 is 19.3 Å². The van der Waals surface area contributed by atoms with Crippen LogP contribution in [0.4, 0.5) is 4.79 Å². The molecule has 0 aromatic rings. The zero-order chi connectivity index (χ0) is 9.78. The highest BCUT2D eigenvalue weighted by Gasteiger charge is 2.29. The monoisotopic (exact) mass is 198 g/mol. The van der Waals surface area contributed by atoms with Gasteiger partial charge in [0.25, 0.3) is 0 Å². The molecule has 12 heavy (non-hydrogen) atoms. The van der Waals surface area contributed by atoms with Gasteiger partial charge >= 0.3 is 19.3 Å². The molecule has 0 aliphatic rings. The van der Waals surface area contributed by atoms with Crippen molar-refractivity contribution in [2.24, 2.45) is 0 Å². The van der Waals surface area contributed by atoms with E-state index >= 15 is 0 Å². The van der Waals surface area contributed by atoms with Gasteiger partial charge in [-0.25, -0.2) is 9.36 Å². The van der Waals surface area contributed by atoms with Crippen molar-refractivity contribution in [1.82, 2.24) is 0 Å². The topological polar surface area (TPSA) is 121 Å². The average Bonchev–Trinajstić information content (AvgIpc) is 1.85. The lowest BCUT2D eigenvalue weighted by Gasteiger charge is -2.04. The van der Waals surface area contributed by atoms with Gasteiger partial charge in [0.2, 0.25) is 0 Å². The van der Waals surface area contributed by atoms with Gasteiger partial charge in [-0.05, 0) is 0 Å². The van der Waals surface area contributed by atoms with E-state index in [0.29, 0.717) is 0 Å². The van der Waals surface area contributed by atoms with E-state index in [1.165, 1.54) is 0 Å². The molecule has 0 heterocycles. The highest BCUT2D eigenvalue weighted by molar-refractivity contribution is 7.70. The van der Waals surface area contributed by atoms with Crippen molar-refractivity contribution in [3.05, 3.63) is 0 Å². The van der Waals surface area contributed by atoms with Crippen molar-refractivity contribution < 1.29 is 33.8 Å². The first-order chi connectivity index (χ1) is 5.36. The van der Waals surface area contributed by atoms with Gasteiger partial charge in [0.15, 0.2) is 0 Å². The minimum Gasteiger partial charge on any atom is -0.481 e. The number of hydrogen-bond donors (Lipinski definition) is 3. The van der Waals surface area contributed by atoms with Gasteiger partial charge in [-0.15, -0.1) is 0 Å². The van der Waals surface area contributed by atoms with E-state index in [9.17, 15) is 14.2 Å². The van der Waals surface area contributed by atoms with Crippen molar-refractivity contribution in [3.63, 3.8) is 0 Å². The third-order valence-electron chi connectivity index (χ3n) is 0.824. The van der Waals surface area contributed by atoms with Gasteiger partial charge in [-0.1, -0.05) is 0 Å². The molecule has 0 aromatic carbocycles. The van der Waals surface area contributed by atoms with Crippen molar-refractivity contribution in [2.75, 3.05) is 6.61 Å². The molecule has 0 saturated carbocycles. The van der Waals surface area contributed by atoms with E-state index in [1.54, 1.807) is 0 Å². The molecule has 1 unspecified atom stereocenters. The predicted molar refractivity (Wildman–Crippen MR) is 36.1 cm³/mol. The quantitative estimate of drug-likeness (QED) is 0.544. The summed E-state index contributed by atoms with van der Waals surface area (Å²) in [6.07, 6.45) is -0.516. The number of hydrogen-bond acceptors (Lipinski definition) is 4. The van der Waals surface area contributed by atoms with E-state index < -0.39 is 32.3 Å². The number of carboxylic acid groups (broad SMARTS) is 2. The molecule has 70 valence electrons. The minimum absolute atomic E-state index is 0.516. The molecule has 0 bridgehead atoms. The first-order valence-electron chi connectivity index (χ1n) is 2.79. The smallest absolute Gasteiger partial charge is 0.435 e. The molecule has 0 saturated heterocycles. The van der Waals surface area contributed by atoms with Crippen molar-refractivity contribution in [1.29, 1.82) is 0 Å². The summed E-state index contributed by atoms with van der Waals surface area (Å²) >= 11 is 0. The fourth-order valence-corrected chi connectivity index (χ4v) is 0.761. The average molecular weight is 198 g/mol. The van der Waals surface area contributed by atoms with Crippen molar-refractivity contribution in [2.45, 2.75) is 6.42 Å². The van der Waals surface area contributed by atoms with E-state index in [1.807, 2.05) is 0 Å². The van der Waals surface area contributed by atoms with E-state index in [-0.39, 0.29) is 0 Å². The Morgan fingerprint density at radius 3 is 2.17 bits per heavy atom. The Balaban J connectivity index is 3.85. The SMILES string of the molecule is O=C(O)CCOP(=O)(O)C(=O)O. The zero-order valence-corrected chi connectivity index (χ0v) is 6.73. The van der Waals surface area contributed by atoms with Crippen LogP contribution in [0.15, 0.2) is 0 Å². The third kappa shape index (κ3) is 4.07. The van der Waals surface area contributed by atoms with Gasteiger partial charge in [-0.3, -0.25) is 4.79 Å². The molecule has 0 aliphatic heterocycles. The summed E-state index contributed by atoms with van der Waals surface area (Å²) in [5.74, 6) is -1.24. The lowest BCUT2D eigenvalue weighted by Crippen LogP contribution is -2.05. The van der Waals surface area contributed by atoms with Gasteiger partial charge < -0.3 is 19.6 Å².